The predicted octanol–water partition coefficient (Wildman–Crippen LogP) is 5.63. The number of benzene rings is 1. The van der Waals surface area contributed by atoms with Gasteiger partial charge in [-0.1, -0.05) is 29.3 Å². The largest absolute Gasteiger partial charge is 0.367 e. The van der Waals surface area contributed by atoms with Crippen molar-refractivity contribution in [2.45, 2.75) is 19.3 Å². The molecule has 0 fully saturated rings. The van der Waals surface area contributed by atoms with E-state index in [9.17, 15) is 0 Å². The van der Waals surface area contributed by atoms with E-state index in [1.165, 1.54) is 0 Å². The fourth-order valence-electron chi connectivity index (χ4n) is 2.16. The van der Waals surface area contributed by atoms with Crippen LogP contribution in [0, 0.1) is 0 Å². The van der Waals surface area contributed by atoms with Crippen LogP contribution >= 0.6 is 46.9 Å². The van der Waals surface area contributed by atoms with E-state index in [1.54, 1.807) is 29.9 Å². The summed E-state index contributed by atoms with van der Waals surface area (Å²) < 4.78 is 8.07. The van der Waals surface area contributed by atoms with Gasteiger partial charge in [-0.2, -0.15) is 11.3 Å². The van der Waals surface area contributed by atoms with E-state index in [-0.39, 0.29) is 18.5 Å². The molecule has 2 aromatic heterocycles. The van der Waals surface area contributed by atoms with Gasteiger partial charge in [0.1, 0.15) is 6.10 Å². The molecule has 0 radical (unpaired) electrons. The second-order valence-corrected chi connectivity index (χ2v) is 6.48. The first-order chi connectivity index (χ1) is 10.7. The zero-order valence-corrected chi connectivity index (χ0v) is 15.2. The number of aromatic nitrogens is 2. The maximum atomic E-state index is 6.34. The molecule has 0 spiro atoms. The number of halogens is 3. The molecule has 0 amide bonds. The average Bonchev–Trinajstić information content (AvgIpc) is 3.17. The Balaban J connectivity index is 0.00000192. The van der Waals surface area contributed by atoms with Crippen molar-refractivity contribution in [1.29, 1.82) is 0 Å². The van der Waals surface area contributed by atoms with E-state index in [0.717, 1.165) is 11.1 Å². The molecular weight excluding hydrogens is 375 g/mol. The normalized spacial score (nSPS) is 11.9. The molecule has 2 heterocycles. The summed E-state index contributed by atoms with van der Waals surface area (Å²) in [6.07, 6.45) is 5.26. The summed E-state index contributed by atoms with van der Waals surface area (Å²) in [6, 6.07) is 7.55. The van der Waals surface area contributed by atoms with Crippen LogP contribution in [0.1, 0.15) is 17.2 Å². The number of imidazole rings is 1. The van der Waals surface area contributed by atoms with Gasteiger partial charge >= 0.3 is 0 Å². The molecule has 0 aliphatic heterocycles. The van der Waals surface area contributed by atoms with Crippen molar-refractivity contribution in [3.05, 3.63) is 74.9 Å². The second-order valence-electron chi connectivity index (χ2n) is 4.86. The monoisotopic (exact) mass is 388 g/mol. The highest BCUT2D eigenvalue weighted by Gasteiger charge is 2.17. The zero-order chi connectivity index (χ0) is 15.4. The smallest absolute Gasteiger partial charge is 0.102 e. The lowest BCUT2D eigenvalue weighted by Crippen LogP contribution is -2.12. The van der Waals surface area contributed by atoms with Crippen LogP contribution in [0.5, 0.6) is 0 Å². The molecule has 1 unspecified atom stereocenters. The van der Waals surface area contributed by atoms with Gasteiger partial charge in [-0.15, -0.1) is 12.4 Å². The van der Waals surface area contributed by atoms with Crippen molar-refractivity contribution in [2.75, 3.05) is 0 Å². The van der Waals surface area contributed by atoms with Crippen molar-refractivity contribution in [2.24, 2.45) is 0 Å². The van der Waals surface area contributed by atoms with Crippen LogP contribution in [0.3, 0.4) is 0 Å². The highest BCUT2D eigenvalue weighted by atomic mass is 35.5. The molecule has 0 N–H and O–H groups in total. The van der Waals surface area contributed by atoms with E-state index in [0.29, 0.717) is 23.2 Å². The minimum absolute atomic E-state index is 0. The van der Waals surface area contributed by atoms with Gasteiger partial charge in [-0.3, -0.25) is 0 Å². The van der Waals surface area contributed by atoms with E-state index in [1.807, 2.05) is 28.3 Å². The third kappa shape index (κ3) is 4.96. The SMILES string of the molecule is Cl.Clc1ccc(C(Cn2ccnc2)OCc2ccsc2)c(Cl)c1. The Morgan fingerprint density at radius 1 is 1.26 bits per heavy atom. The number of nitrogens with zero attached hydrogens (tertiary/aromatic N) is 2. The topological polar surface area (TPSA) is 27.1 Å². The lowest BCUT2D eigenvalue weighted by molar-refractivity contribution is 0.0282. The molecule has 3 nitrogen and oxygen atoms in total. The van der Waals surface area contributed by atoms with E-state index in [4.69, 9.17) is 27.9 Å². The van der Waals surface area contributed by atoms with Crippen LogP contribution in [-0.2, 0) is 17.9 Å². The van der Waals surface area contributed by atoms with Gasteiger partial charge in [0.25, 0.3) is 0 Å². The van der Waals surface area contributed by atoms with E-state index < -0.39 is 0 Å². The minimum atomic E-state index is -0.168. The van der Waals surface area contributed by atoms with Crippen molar-refractivity contribution in [1.82, 2.24) is 9.55 Å². The number of rotatable bonds is 6. The minimum Gasteiger partial charge on any atom is -0.367 e. The Morgan fingerprint density at radius 2 is 2.13 bits per heavy atom. The Morgan fingerprint density at radius 3 is 2.78 bits per heavy atom. The summed E-state index contributed by atoms with van der Waals surface area (Å²) in [4.78, 5) is 4.07. The molecule has 1 atom stereocenters. The van der Waals surface area contributed by atoms with Crippen molar-refractivity contribution >= 4 is 46.9 Å². The summed E-state index contributed by atoms with van der Waals surface area (Å²) in [5.41, 5.74) is 2.08. The highest BCUT2D eigenvalue weighted by Crippen LogP contribution is 2.30. The van der Waals surface area contributed by atoms with Crippen LogP contribution in [0.2, 0.25) is 10.0 Å². The second kappa shape index (κ2) is 8.71. The fourth-order valence-corrected chi connectivity index (χ4v) is 3.34. The van der Waals surface area contributed by atoms with Crippen molar-refractivity contribution < 1.29 is 4.74 Å². The summed E-state index contributed by atoms with van der Waals surface area (Å²) in [5, 5.41) is 5.35. The summed E-state index contributed by atoms with van der Waals surface area (Å²) in [5.74, 6) is 0. The molecule has 0 saturated carbocycles. The maximum absolute atomic E-state index is 6.34. The van der Waals surface area contributed by atoms with Crippen molar-refractivity contribution in [3.63, 3.8) is 0 Å². The molecule has 23 heavy (non-hydrogen) atoms. The van der Waals surface area contributed by atoms with Crippen LogP contribution in [-0.4, -0.2) is 9.55 Å². The lowest BCUT2D eigenvalue weighted by atomic mass is 10.1. The fraction of sp³-hybridized carbons (Fsp3) is 0.188. The molecule has 0 aliphatic carbocycles. The van der Waals surface area contributed by atoms with Crippen LogP contribution in [0.25, 0.3) is 0 Å². The summed E-state index contributed by atoms with van der Waals surface area (Å²) >= 11 is 14.0. The van der Waals surface area contributed by atoms with Crippen molar-refractivity contribution in [3.8, 4) is 0 Å². The Bertz CT molecular complexity index is 717. The highest BCUT2D eigenvalue weighted by molar-refractivity contribution is 7.07. The standard InChI is InChI=1S/C16H14Cl2N2OS.ClH/c17-13-1-2-14(15(18)7-13)16(8-20-5-4-19-11-20)21-9-12-3-6-22-10-12;/h1-7,10-11,16H,8-9H2;1H. The zero-order valence-electron chi connectivity index (χ0n) is 12.1. The molecule has 0 aliphatic rings. The molecule has 7 heteroatoms. The number of hydrogen-bond acceptors (Lipinski definition) is 3. The van der Waals surface area contributed by atoms with Gasteiger partial charge in [-0.05, 0) is 34.5 Å². The Kier molecular flexibility index (Phi) is 6.93. The van der Waals surface area contributed by atoms with E-state index >= 15 is 0 Å². The van der Waals surface area contributed by atoms with Gasteiger partial charge in [0.15, 0.2) is 0 Å². The molecule has 1 aromatic carbocycles. The Hall–Kier alpha value is -1.04. The quantitative estimate of drug-likeness (QED) is 0.546. The van der Waals surface area contributed by atoms with Gasteiger partial charge < -0.3 is 9.30 Å². The maximum Gasteiger partial charge on any atom is 0.102 e. The predicted molar refractivity (Wildman–Crippen MR) is 97.8 cm³/mol. The van der Waals surface area contributed by atoms with Crippen LogP contribution in [0.15, 0.2) is 53.7 Å². The third-order valence-corrected chi connectivity index (χ3v) is 4.57. The van der Waals surface area contributed by atoms with E-state index in [2.05, 4.69) is 16.4 Å². The van der Waals surface area contributed by atoms with Gasteiger partial charge in [0.2, 0.25) is 0 Å². The first-order valence-electron chi connectivity index (χ1n) is 6.76. The average molecular weight is 390 g/mol. The van der Waals surface area contributed by atoms with Gasteiger partial charge in [0.05, 0.1) is 19.5 Å². The van der Waals surface area contributed by atoms with Crippen LogP contribution in [0.4, 0.5) is 0 Å². The molecule has 0 saturated heterocycles. The van der Waals surface area contributed by atoms with Crippen LogP contribution < -0.4 is 0 Å². The van der Waals surface area contributed by atoms with Gasteiger partial charge in [-0.25, -0.2) is 4.98 Å². The summed E-state index contributed by atoms with van der Waals surface area (Å²) in [7, 11) is 0. The molecule has 3 aromatic rings. The first-order valence-corrected chi connectivity index (χ1v) is 8.45. The third-order valence-electron chi connectivity index (χ3n) is 3.28. The lowest BCUT2D eigenvalue weighted by Gasteiger charge is -2.20. The van der Waals surface area contributed by atoms with Gasteiger partial charge in [0, 0.05) is 28.0 Å². The summed E-state index contributed by atoms with van der Waals surface area (Å²) in [6.45, 7) is 1.19. The molecule has 0 bridgehead atoms. The first kappa shape index (κ1) is 18.3. The Labute approximate surface area is 155 Å². The molecule has 3 rings (SSSR count). The molecular formula is C16H15Cl3N2OS. The number of thiophene rings is 1. The molecule has 122 valence electrons. The number of ether oxygens (including phenoxy) is 1. The number of hydrogen-bond donors (Lipinski definition) is 0.